The van der Waals surface area contributed by atoms with Crippen molar-refractivity contribution in [3.63, 3.8) is 0 Å². The van der Waals surface area contributed by atoms with E-state index >= 15 is 0 Å². The van der Waals surface area contributed by atoms with E-state index in [0.29, 0.717) is 17.5 Å². The van der Waals surface area contributed by atoms with Crippen LogP contribution in [0.1, 0.15) is 59.0 Å². The lowest BCUT2D eigenvalue weighted by Crippen LogP contribution is -2.46. The number of aromatic nitrogens is 3. The molecule has 1 aliphatic carbocycles. The van der Waals surface area contributed by atoms with Crippen molar-refractivity contribution in [3.05, 3.63) is 74.6 Å². The Morgan fingerprint density at radius 3 is 2.50 bits per heavy atom. The van der Waals surface area contributed by atoms with E-state index in [9.17, 15) is 9.59 Å². The van der Waals surface area contributed by atoms with Gasteiger partial charge in [0.25, 0.3) is 0 Å². The summed E-state index contributed by atoms with van der Waals surface area (Å²) in [6.45, 7) is 8.63. The summed E-state index contributed by atoms with van der Waals surface area (Å²) in [4.78, 5) is 26.4. The molecule has 0 unspecified atom stereocenters. The number of hydrogen-bond acceptors (Lipinski definition) is 2. The van der Waals surface area contributed by atoms with E-state index in [0.717, 1.165) is 19.3 Å². The summed E-state index contributed by atoms with van der Waals surface area (Å²) in [6.07, 6.45) is 7.59. The molecule has 0 spiro atoms. The summed E-state index contributed by atoms with van der Waals surface area (Å²) in [5.74, 6) is 0.867. The Balaban J connectivity index is 1.75. The van der Waals surface area contributed by atoms with Crippen molar-refractivity contribution in [3.8, 4) is 5.69 Å². The van der Waals surface area contributed by atoms with Crippen LogP contribution in [0.4, 0.5) is 0 Å². The average molecular weight is 380 g/mol. The molecule has 1 aromatic heterocycles. The molecule has 0 radical (unpaired) electrons. The molecule has 2 aromatic rings. The number of hydrogen-bond donors (Lipinski definition) is 0. The molecular formula is C23H29N3O2. The lowest BCUT2D eigenvalue weighted by atomic mass is 9.73. The summed E-state index contributed by atoms with van der Waals surface area (Å²) >= 11 is 0. The molecule has 0 fully saturated rings. The van der Waals surface area contributed by atoms with Gasteiger partial charge in [-0.3, -0.25) is 0 Å². The Bertz CT molecular complexity index is 1050. The first kappa shape index (κ1) is 18.8. The molecule has 0 N–H and O–H groups in total. The maximum absolute atomic E-state index is 13.3. The van der Waals surface area contributed by atoms with Crippen LogP contribution in [0.25, 0.3) is 5.69 Å². The number of benzene rings is 1. The second-order valence-corrected chi connectivity index (χ2v) is 8.58. The molecule has 28 heavy (non-hydrogen) atoms. The minimum absolute atomic E-state index is 0.0222. The predicted molar refractivity (Wildman–Crippen MR) is 112 cm³/mol. The molecule has 1 aromatic carbocycles. The standard InChI is InChI=1S/C23H29N3O2/c1-15(2)9-8-10-16(3)19-14-20-17(4)13-21(19)26-23(28)24(22(27)25(20)26)18-11-6-5-7-12-18/h5-7,9,11-13,16,19-21H,8,10,14H2,1-4H3/t16-,19+,20-,21-/m0/s1. The number of para-hydroxylation sites is 1. The van der Waals surface area contributed by atoms with Gasteiger partial charge in [-0.05, 0) is 64.0 Å². The second kappa shape index (κ2) is 7.12. The topological polar surface area (TPSA) is 48.9 Å². The van der Waals surface area contributed by atoms with Crippen molar-refractivity contribution in [1.29, 1.82) is 0 Å². The largest absolute Gasteiger partial charge is 0.352 e. The van der Waals surface area contributed by atoms with E-state index in [1.807, 2.05) is 30.3 Å². The molecule has 2 aliphatic heterocycles. The van der Waals surface area contributed by atoms with Gasteiger partial charge < -0.3 is 0 Å². The third-order valence-electron chi connectivity index (χ3n) is 6.40. The molecule has 5 nitrogen and oxygen atoms in total. The summed E-state index contributed by atoms with van der Waals surface area (Å²) < 4.78 is 4.75. The van der Waals surface area contributed by atoms with Crippen molar-refractivity contribution in [1.82, 2.24) is 13.9 Å². The van der Waals surface area contributed by atoms with Crippen LogP contribution in [0.3, 0.4) is 0 Å². The predicted octanol–water partition coefficient (Wildman–Crippen LogP) is 4.25. The lowest BCUT2D eigenvalue weighted by Gasteiger charge is -2.44. The molecule has 3 aliphatic rings. The quantitative estimate of drug-likeness (QED) is 0.730. The highest BCUT2D eigenvalue weighted by atomic mass is 16.2. The van der Waals surface area contributed by atoms with Crippen molar-refractivity contribution in [2.24, 2.45) is 11.8 Å². The van der Waals surface area contributed by atoms with E-state index in [2.05, 4.69) is 39.8 Å². The maximum Gasteiger partial charge on any atom is 0.352 e. The summed E-state index contributed by atoms with van der Waals surface area (Å²) in [7, 11) is 0. The maximum atomic E-state index is 13.3. The SMILES string of the molecule is CC(C)=CCC[C@H](C)[C@H]1C[C@H]2C(C)=C[C@@H]1n1c(=O)n(-c3ccccc3)c(=O)n12. The monoisotopic (exact) mass is 379 g/mol. The van der Waals surface area contributed by atoms with Gasteiger partial charge in [-0.2, -0.15) is 0 Å². The van der Waals surface area contributed by atoms with Gasteiger partial charge >= 0.3 is 11.4 Å². The number of fused-ring (bicyclic) bond motifs is 1. The summed E-state index contributed by atoms with van der Waals surface area (Å²) in [5.41, 5.74) is 2.73. The first-order valence-electron chi connectivity index (χ1n) is 10.2. The fourth-order valence-electron chi connectivity index (χ4n) is 4.87. The normalized spacial score (nSPS) is 23.9. The van der Waals surface area contributed by atoms with Crippen molar-refractivity contribution >= 4 is 0 Å². The second-order valence-electron chi connectivity index (χ2n) is 8.58. The van der Waals surface area contributed by atoms with E-state index in [4.69, 9.17) is 0 Å². The van der Waals surface area contributed by atoms with Crippen molar-refractivity contribution in [2.75, 3.05) is 0 Å². The minimum atomic E-state index is -0.228. The smallest absolute Gasteiger partial charge is 0.245 e. The molecular weight excluding hydrogens is 350 g/mol. The molecule has 2 bridgehead atoms. The lowest BCUT2D eigenvalue weighted by molar-refractivity contribution is 0.121. The zero-order valence-electron chi connectivity index (χ0n) is 17.1. The Labute approximate surface area is 165 Å². The Morgan fingerprint density at radius 1 is 1.14 bits per heavy atom. The van der Waals surface area contributed by atoms with E-state index in [-0.39, 0.29) is 23.5 Å². The highest BCUT2D eigenvalue weighted by molar-refractivity contribution is 5.31. The summed E-state index contributed by atoms with van der Waals surface area (Å²) in [5, 5.41) is 0. The van der Waals surface area contributed by atoms with Gasteiger partial charge in [0, 0.05) is 0 Å². The molecule has 0 saturated heterocycles. The molecule has 5 rings (SSSR count). The molecule has 3 heterocycles. The molecule has 0 amide bonds. The van der Waals surface area contributed by atoms with Gasteiger partial charge in [-0.25, -0.2) is 23.5 Å². The number of nitrogens with zero attached hydrogens (tertiary/aromatic N) is 3. The third kappa shape index (κ3) is 2.93. The van der Waals surface area contributed by atoms with Gasteiger partial charge in [-0.1, -0.05) is 48.4 Å². The minimum Gasteiger partial charge on any atom is -0.245 e. The van der Waals surface area contributed by atoms with Crippen molar-refractivity contribution in [2.45, 2.75) is 59.0 Å². The van der Waals surface area contributed by atoms with E-state index < -0.39 is 0 Å². The van der Waals surface area contributed by atoms with Crippen LogP contribution >= 0.6 is 0 Å². The van der Waals surface area contributed by atoms with Gasteiger partial charge in [0.1, 0.15) is 0 Å². The highest BCUT2D eigenvalue weighted by Crippen LogP contribution is 2.46. The van der Waals surface area contributed by atoms with Crippen LogP contribution in [-0.4, -0.2) is 13.9 Å². The first-order valence-corrected chi connectivity index (χ1v) is 10.2. The van der Waals surface area contributed by atoms with Gasteiger partial charge in [0.2, 0.25) is 0 Å². The summed E-state index contributed by atoms with van der Waals surface area (Å²) in [6, 6.07) is 9.17. The fraction of sp³-hybridized carbons (Fsp3) is 0.478. The molecule has 148 valence electrons. The highest BCUT2D eigenvalue weighted by Gasteiger charge is 2.44. The number of allylic oxidation sites excluding steroid dienone is 4. The van der Waals surface area contributed by atoms with E-state index in [1.54, 1.807) is 9.36 Å². The van der Waals surface area contributed by atoms with Crippen molar-refractivity contribution < 1.29 is 0 Å². The zero-order chi connectivity index (χ0) is 20.0. The zero-order valence-corrected chi connectivity index (χ0v) is 17.1. The first-order chi connectivity index (χ1) is 13.4. The molecule has 4 atom stereocenters. The van der Waals surface area contributed by atoms with Crippen LogP contribution in [0.5, 0.6) is 0 Å². The van der Waals surface area contributed by atoms with Crippen LogP contribution in [0.2, 0.25) is 0 Å². The van der Waals surface area contributed by atoms with Crippen LogP contribution < -0.4 is 11.4 Å². The van der Waals surface area contributed by atoms with Gasteiger partial charge in [-0.15, -0.1) is 0 Å². The van der Waals surface area contributed by atoms with E-state index in [1.165, 1.54) is 15.7 Å². The Kier molecular flexibility index (Phi) is 4.77. The van der Waals surface area contributed by atoms with Crippen LogP contribution in [0.15, 0.2) is 63.2 Å². The van der Waals surface area contributed by atoms with Crippen LogP contribution in [-0.2, 0) is 0 Å². The molecule has 5 heteroatoms. The third-order valence-corrected chi connectivity index (χ3v) is 6.40. The Hall–Kier alpha value is -2.56. The number of rotatable bonds is 5. The average Bonchev–Trinajstić information content (AvgIpc) is 2.94. The molecule has 0 saturated carbocycles. The van der Waals surface area contributed by atoms with Gasteiger partial charge in [0.15, 0.2) is 0 Å². The fourth-order valence-corrected chi connectivity index (χ4v) is 4.87. The Morgan fingerprint density at radius 2 is 1.82 bits per heavy atom. The van der Waals surface area contributed by atoms with Crippen LogP contribution in [0, 0.1) is 11.8 Å². The van der Waals surface area contributed by atoms with Gasteiger partial charge in [0.05, 0.1) is 17.8 Å².